The summed E-state index contributed by atoms with van der Waals surface area (Å²) in [6.07, 6.45) is 3.30. The molecule has 1 aliphatic heterocycles. The van der Waals surface area contributed by atoms with Crippen LogP contribution in [0.3, 0.4) is 0 Å². The molecule has 47 heavy (non-hydrogen) atoms. The molecule has 0 aromatic carbocycles. The van der Waals surface area contributed by atoms with Crippen LogP contribution in [0.1, 0.15) is 39.0 Å². The van der Waals surface area contributed by atoms with E-state index in [0.29, 0.717) is 78.3 Å². The first-order valence-corrected chi connectivity index (χ1v) is 16.5. The zero-order valence-electron chi connectivity index (χ0n) is 27.9. The highest BCUT2D eigenvalue weighted by molar-refractivity contribution is 5.88. The van der Waals surface area contributed by atoms with E-state index in [1.807, 2.05) is 11.8 Å². The van der Waals surface area contributed by atoms with Crippen LogP contribution in [0.25, 0.3) is 0 Å². The normalized spacial score (nSPS) is 16.9. The van der Waals surface area contributed by atoms with Crippen molar-refractivity contribution >= 4 is 29.7 Å². The van der Waals surface area contributed by atoms with Gasteiger partial charge in [-0.2, -0.15) is 0 Å². The largest absolute Gasteiger partial charge is 0.480 e. The summed E-state index contributed by atoms with van der Waals surface area (Å²) < 4.78 is 10.9. The molecule has 1 aliphatic rings. The second-order valence-electron chi connectivity index (χ2n) is 11.6. The average Bonchev–Trinajstić information content (AvgIpc) is 3.00. The lowest BCUT2D eigenvalue weighted by molar-refractivity contribution is -0.140. The maximum Gasteiger partial charge on any atom is 0.317 e. The Morgan fingerprint density at radius 1 is 0.660 bits per heavy atom. The van der Waals surface area contributed by atoms with E-state index in [-0.39, 0.29) is 77.3 Å². The molecule has 0 aromatic rings. The van der Waals surface area contributed by atoms with Crippen LogP contribution >= 0.6 is 0 Å². The maximum absolute atomic E-state index is 13.3. The van der Waals surface area contributed by atoms with Crippen molar-refractivity contribution in [3.05, 3.63) is 0 Å². The molecule has 1 saturated heterocycles. The van der Waals surface area contributed by atoms with Gasteiger partial charge in [0.15, 0.2) is 0 Å². The summed E-state index contributed by atoms with van der Waals surface area (Å²) in [5.74, 6) is -3.78. The van der Waals surface area contributed by atoms with Gasteiger partial charge < -0.3 is 41.2 Å². The van der Waals surface area contributed by atoms with Crippen LogP contribution in [0.5, 0.6) is 0 Å². The molecule has 0 bridgehead atoms. The number of nitrogens with one attached hydrogen (secondary N) is 2. The van der Waals surface area contributed by atoms with E-state index in [1.54, 1.807) is 14.7 Å². The Morgan fingerprint density at radius 2 is 1.11 bits per heavy atom. The molecule has 0 aromatic heterocycles. The first-order valence-electron chi connectivity index (χ1n) is 16.5. The van der Waals surface area contributed by atoms with Crippen LogP contribution in [-0.2, 0) is 33.4 Å². The molecule has 0 spiro atoms. The first kappa shape index (κ1) is 42.1. The minimum Gasteiger partial charge on any atom is -0.480 e. The Hall–Kier alpha value is -2.93. The molecule has 1 fully saturated rings. The highest BCUT2D eigenvalue weighted by Crippen LogP contribution is 2.04. The van der Waals surface area contributed by atoms with Crippen molar-refractivity contribution in [1.82, 2.24) is 30.2 Å². The van der Waals surface area contributed by atoms with Crippen molar-refractivity contribution in [1.29, 1.82) is 0 Å². The lowest BCUT2D eigenvalue weighted by atomic mass is 10.1. The van der Waals surface area contributed by atoms with Gasteiger partial charge in [0.2, 0.25) is 11.8 Å². The Kier molecular flexibility index (Phi) is 23.4. The smallest absolute Gasteiger partial charge is 0.317 e. The Balaban J connectivity index is 2.86. The predicted octanol–water partition coefficient (Wildman–Crippen LogP) is -1.97. The van der Waals surface area contributed by atoms with Gasteiger partial charge in [-0.25, -0.2) is 0 Å². The standard InChI is InChI=1S/C30H57N7O10/c1-2-17-46-19-20-47-18-5-8-32-30(45)25(6-3-4-7-31)33-26(38)21-34-9-11-35(22-27(39)40)13-15-37(24-29(43)44)16-14-36(12-10-34)23-28(41)42/h25H,2-24,31H2,1H3,(H,32,45)(H,33,38)(H,39,40)(H,41,42)(H,43,44)/t25-/m1/s1. The fourth-order valence-electron chi connectivity index (χ4n) is 4.96. The number of hydrogen-bond acceptors (Lipinski definition) is 12. The van der Waals surface area contributed by atoms with Gasteiger partial charge in [0.25, 0.3) is 0 Å². The summed E-state index contributed by atoms with van der Waals surface area (Å²) in [6, 6.07) is -0.767. The summed E-state index contributed by atoms with van der Waals surface area (Å²) in [5, 5.41) is 33.9. The zero-order valence-corrected chi connectivity index (χ0v) is 27.9. The van der Waals surface area contributed by atoms with E-state index in [2.05, 4.69) is 10.6 Å². The lowest BCUT2D eigenvalue weighted by Gasteiger charge is -2.33. The molecule has 0 radical (unpaired) electrons. The van der Waals surface area contributed by atoms with E-state index in [0.717, 1.165) is 6.42 Å². The molecule has 1 rings (SSSR count). The molecular weight excluding hydrogens is 618 g/mol. The zero-order chi connectivity index (χ0) is 34.9. The van der Waals surface area contributed by atoms with Crippen LogP contribution in [0, 0.1) is 0 Å². The third kappa shape index (κ3) is 22.3. The first-order chi connectivity index (χ1) is 22.5. The lowest BCUT2D eigenvalue weighted by Crippen LogP contribution is -2.52. The molecule has 0 aliphatic carbocycles. The molecule has 1 heterocycles. The van der Waals surface area contributed by atoms with Crippen molar-refractivity contribution in [2.24, 2.45) is 5.73 Å². The van der Waals surface area contributed by atoms with Gasteiger partial charge in [0.1, 0.15) is 6.04 Å². The number of amides is 2. The quantitative estimate of drug-likeness (QED) is 0.0646. The van der Waals surface area contributed by atoms with Gasteiger partial charge in [-0.15, -0.1) is 0 Å². The SMILES string of the molecule is CCCOCCOCCCNC(=O)[C@@H](CCCCN)NC(=O)CN1CCN(CC(=O)O)CCN(CC(=O)O)CCN(CC(=O)O)CC1. The molecular formula is C30H57N7O10. The number of nitrogens with zero attached hydrogens (tertiary/aromatic N) is 4. The van der Waals surface area contributed by atoms with Crippen LogP contribution < -0.4 is 16.4 Å². The predicted molar refractivity (Wildman–Crippen MR) is 173 cm³/mol. The van der Waals surface area contributed by atoms with Crippen LogP contribution in [-0.4, -0.2) is 189 Å². The highest BCUT2D eigenvalue weighted by Gasteiger charge is 2.24. The Bertz CT molecular complexity index is 897. The van der Waals surface area contributed by atoms with E-state index >= 15 is 0 Å². The average molecular weight is 676 g/mol. The number of carbonyl (C=O) groups excluding carboxylic acids is 2. The number of rotatable bonds is 23. The molecule has 7 N–H and O–H groups in total. The number of carbonyl (C=O) groups is 5. The van der Waals surface area contributed by atoms with Crippen LogP contribution in [0.2, 0.25) is 0 Å². The monoisotopic (exact) mass is 675 g/mol. The van der Waals surface area contributed by atoms with E-state index in [4.69, 9.17) is 15.2 Å². The van der Waals surface area contributed by atoms with Gasteiger partial charge in [0.05, 0.1) is 39.4 Å². The summed E-state index contributed by atoms with van der Waals surface area (Å²) in [6.45, 7) is 6.46. The Morgan fingerprint density at radius 3 is 1.53 bits per heavy atom. The number of carboxylic acid groups (broad SMARTS) is 3. The number of hydrogen-bond donors (Lipinski definition) is 6. The molecule has 0 unspecified atom stereocenters. The van der Waals surface area contributed by atoms with E-state index in [1.165, 1.54) is 0 Å². The third-order valence-electron chi connectivity index (χ3n) is 7.46. The summed E-state index contributed by atoms with van der Waals surface area (Å²) in [7, 11) is 0. The highest BCUT2D eigenvalue weighted by atomic mass is 16.5. The Labute approximate surface area is 277 Å². The minimum atomic E-state index is -1.03. The van der Waals surface area contributed by atoms with Gasteiger partial charge in [-0.3, -0.25) is 43.6 Å². The van der Waals surface area contributed by atoms with Gasteiger partial charge in [0, 0.05) is 72.1 Å². The van der Waals surface area contributed by atoms with Crippen molar-refractivity contribution in [3.8, 4) is 0 Å². The number of unbranched alkanes of at least 4 members (excludes halogenated alkanes) is 1. The topological polar surface area (TPSA) is 228 Å². The van der Waals surface area contributed by atoms with Gasteiger partial charge in [-0.1, -0.05) is 6.92 Å². The summed E-state index contributed by atoms with van der Waals surface area (Å²) >= 11 is 0. The summed E-state index contributed by atoms with van der Waals surface area (Å²) in [4.78, 5) is 67.5. The minimum absolute atomic E-state index is 0.0818. The molecule has 272 valence electrons. The third-order valence-corrected chi connectivity index (χ3v) is 7.46. The van der Waals surface area contributed by atoms with Crippen LogP contribution in [0.15, 0.2) is 0 Å². The molecule has 1 atom stereocenters. The second kappa shape index (κ2) is 26.1. The van der Waals surface area contributed by atoms with E-state index in [9.17, 15) is 39.3 Å². The van der Waals surface area contributed by atoms with Crippen LogP contribution in [0.4, 0.5) is 0 Å². The van der Waals surface area contributed by atoms with Gasteiger partial charge in [-0.05, 0) is 38.6 Å². The molecule has 0 saturated carbocycles. The van der Waals surface area contributed by atoms with E-state index < -0.39 is 23.9 Å². The fraction of sp³-hybridized carbons (Fsp3) is 0.833. The van der Waals surface area contributed by atoms with Crippen molar-refractivity contribution in [2.75, 3.05) is 118 Å². The summed E-state index contributed by atoms with van der Waals surface area (Å²) in [5.41, 5.74) is 5.64. The van der Waals surface area contributed by atoms with Crippen molar-refractivity contribution in [2.45, 2.75) is 45.1 Å². The fourth-order valence-corrected chi connectivity index (χ4v) is 4.96. The molecule has 17 heteroatoms. The number of ether oxygens (including phenoxy) is 2. The second-order valence-corrected chi connectivity index (χ2v) is 11.6. The van der Waals surface area contributed by atoms with Crippen molar-refractivity contribution in [3.63, 3.8) is 0 Å². The number of carboxylic acids is 3. The van der Waals surface area contributed by atoms with Crippen molar-refractivity contribution < 1.29 is 48.8 Å². The molecule has 2 amide bonds. The maximum atomic E-state index is 13.3. The number of nitrogens with two attached hydrogens (primary N) is 1. The molecule has 17 nitrogen and oxygen atoms in total. The number of aliphatic carboxylic acids is 3. The van der Waals surface area contributed by atoms with Gasteiger partial charge >= 0.3 is 17.9 Å².